The molecule has 0 aliphatic rings. The SMILES string of the molecule is Cc1nc(C(C)C)nc(OCC(=O)NCc2ccc(F)cc2)c1CCO. The molecular formula is C19H24FN3O3. The summed E-state index contributed by atoms with van der Waals surface area (Å²) in [4.78, 5) is 20.8. The molecule has 1 amide bonds. The minimum Gasteiger partial charge on any atom is -0.467 e. The normalized spacial score (nSPS) is 10.8. The van der Waals surface area contributed by atoms with E-state index in [0.29, 0.717) is 23.7 Å². The van der Waals surface area contributed by atoms with E-state index in [4.69, 9.17) is 4.74 Å². The number of ether oxygens (including phenoxy) is 1. The lowest BCUT2D eigenvalue weighted by Gasteiger charge is -2.15. The van der Waals surface area contributed by atoms with Crippen molar-refractivity contribution in [2.24, 2.45) is 0 Å². The Bertz CT molecular complexity index is 748. The van der Waals surface area contributed by atoms with Gasteiger partial charge in [0.25, 0.3) is 5.91 Å². The summed E-state index contributed by atoms with van der Waals surface area (Å²) in [5.41, 5.74) is 2.23. The second-order valence-electron chi connectivity index (χ2n) is 6.27. The van der Waals surface area contributed by atoms with Gasteiger partial charge in [-0.2, -0.15) is 4.98 Å². The van der Waals surface area contributed by atoms with E-state index in [2.05, 4.69) is 15.3 Å². The highest BCUT2D eigenvalue weighted by atomic mass is 19.1. The monoisotopic (exact) mass is 361 g/mol. The Morgan fingerprint density at radius 2 is 1.96 bits per heavy atom. The number of nitrogens with zero attached hydrogens (tertiary/aromatic N) is 2. The summed E-state index contributed by atoms with van der Waals surface area (Å²) in [5.74, 6) is 0.441. The number of hydrogen-bond acceptors (Lipinski definition) is 5. The molecule has 0 spiro atoms. The zero-order valence-electron chi connectivity index (χ0n) is 15.3. The summed E-state index contributed by atoms with van der Waals surface area (Å²) in [6.45, 7) is 5.80. The largest absolute Gasteiger partial charge is 0.467 e. The van der Waals surface area contributed by atoms with Crippen LogP contribution in [0.25, 0.3) is 0 Å². The van der Waals surface area contributed by atoms with Gasteiger partial charge in [0.05, 0.1) is 0 Å². The Labute approximate surface area is 152 Å². The van der Waals surface area contributed by atoms with Crippen LogP contribution in [0, 0.1) is 12.7 Å². The summed E-state index contributed by atoms with van der Waals surface area (Å²) < 4.78 is 18.5. The van der Waals surface area contributed by atoms with Crippen LogP contribution >= 0.6 is 0 Å². The summed E-state index contributed by atoms with van der Waals surface area (Å²) >= 11 is 0. The fraction of sp³-hybridized carbons (Fsp3) is 0.421. The maximum Gasteiger partial charge on any atom is 0.258 e. The molecule has 0 aliphatic heterocycles. The summed E-state index contributed by atoms with van der Waals surface area (Å²) in [6, 6.07) is 5.91. The quantitative estimate of drug-likeness (QED) is 0.754. The van der Waals surface area contributed by atoms with E-state index < -0.39 is 0 Å². The number of aliphatic hydroxyl groups excluding tert-OH is 1. The number of benzene rings is 1. The standard InChI is InChI=1S/C19H24FN3O3/c1-12(2)18-22-13(3)16(8-9-24)19(23-18)26-11-17(25)21-10-14-4-6-15(20)7-5-14/h4-7,12,24H,8-11H2,1-3H3,(H,21,25). The Balaban J connectivity index is 2.00. The van der Waals surface area contributed by atoms with Crippen LogP contribution in [0.15, 0.2) is 24.3 Å². The van der Waals surface area contributed by atoms with Crippen LogP contribution in [0.5, 0.6) is 5.88 Å². The zero-order valence-corrected chi connectivity index (χ0v) is 15.3. The van der Waals surface area contributed by atoms with Crippen molar-refractivity contribution in [3.05, 3.63) is 52.7 Å². The smallest absolute Gasteiger partial charge is 0.258 e. The average Bonchev–Trinajstić information content (AvgIpc) is 2.61. The van der Waals surface area contributed by atoms with Crippen molar-refractivity contribution in [2.45, 2.75) is 39.7 Å². The number of aliphatic hydroxyl groups is 1. The number of amides is 1. The van der Waals surface area contributed by atoms with E-state index in [1.54, 1.807) is 12.1 Å². The van der Waals surface area contributed by atoms with E-state index in [9.17, 15) is 14.3 Å². The van der Waals surface area contributed by atoms with E-state index in [0.717, 1.165) is 11.3 Å². The first-order valence-electron chi connectivity index (χ1n) is 8.53. The molecule has 0 unspecified atom stereocenters. The van der Waals surface area contributed by atoms with E-state index in [1.165, 1.54) is 12.1 Å². The predicted octanol–water partition coefficient (Wildman–Crippen LogP) is 2.28. The molecule has 7 heteroatoms. The van der Waals surface area contributed by atoms with Gasteiger partial charge < -0.3 is 15.2 Å². The topological polar surface area (TPSA) is 84.3 Å². The Morgan fingerprint density at radius 3 is 2.58 bits per heavy atom. The first-order valence-corrected chi connectivity index (χ1v) is 8.53. The number of aromatic nitrogens is 2. The number of rotatable bonds is 8. The second-order valence-corrected chi connectivity index (χ2v) is 6.27. The maximum atomic E-state index is 12.9. The third-order valence-corrected chi connectivity index (χ3v) is 3.81. The van der Waals surface area contributed by atoms with E-state index in [-0.39, 0.29) is 37.4 Å². The first kappa shape index (κ1) is 19.8. The molecule has 140 valence electrons. The molecule has 0 aliphatic carbocycles. The maximum absolute atomic E-state index is 12.9. The highest BCUT2D eigenvalue weighted by Crippen LogP contribution is 2.22. The van der Waals surface area contributed by atoms with Crippen molar-refractivity contribution in [3.8, 4) is 5.88 Å². The number of nitrogens with one attached hydrogen (secondary N) is 1. The zero-order chi connectivity index (χ0) is 19.1. The van der Waals surface area contributed by atoms with E-state index in [1.807, 2.05) is 20.8 Å². The lowest BCUT2D eigenvalue weighted by Crippen LogP contribution is -2.29. The van der Waals surface area contributed by atoms with Crippen LogP contribution in [0.1, 0.15) is 42.4 Å². The van der Waals surface area contributed by atoms with Gasteiger partial charge in [0, 0.05) is 36.7 Å². The van der Waals surface area contributed by atoms with Gasteiger partial charge in [-0.15, -0.1) is 0 Å². The number of carbonyl (C=O) groups is 1. The number of carbonyl (C=O) groups excluding carboxylic acids is 1. The van der Waals surface area contributed by atoms with Crippen molar-refractivity contribution < 1.29 is 19.0 Å². The van der Waals surface area contributed by atoms with Gasteiger partial charge in [0.1, 0.15) is 11.6 Å². The van der Waals surface area contributed by atoms with Crippen molar-refractivity contribution in [1.82, 2.24) is 15.3 Å². The molecule has 6 nitrogen and oxygen atoms in total. The molecular weight excluding hydrogens is 337 g/mol. The molecule has 0 bridgehead atoms. The highest BCUT2D eigenvalue weighted by Gasteiger charge is 2.15. The predicted molar refractivity (Wildman–Crippen MR) is 95.4 cm³/mol. The molecule has 0 saturated heterocycles. The van der Waals surface area contributed by atoms with Crippen LogP contribution in [0.4, 0.5) is 4.39 Å². The fourth-order valence-corrected chi connectivity index (χ4v) is 2.36. The van der Waals surface area contributed by atoms with Gasteiger partial charge in [-0.1, -0.05) is 26.0 Å². The van der Waals surface area contributed by atoms with E-state index >= 15 is 0 Å². The fourth-order valence-electron chi connectivity index (χ4n) is 2.36. The minimum atomic E-state index is -0.320. The molecule has 0 fully saturated rings. The number of halogens is 1. The van der Waals surface area contributed by atoms with Crippen LogP contribution in [0.2, 0.25) is 0 Å². The molecule has 2 aromatic rings. The Hall–Kier alpha value is -2.54. The molecule has 2 N–H and O–H groups in total. The first-order chi connectivity index (χ1) is 12.4. The third kappa shape index (κ3) is 5.49. The second kappa shape index (κ2) is 9.24. The average molecular weight is 361 g/mol. The number of hydrogen-bond donors (Lipinski definition) is 2. The molecule has 26 heavy (non-hydrogen) atoms. The summed E-state index contributed by atoms with van der Waals surface area (Å²) in [6.07, 6.45) is 0.358. The van der Waals surface area contributed by atoms with Crippen LogP contribution in [-0.4, -0.2) is 34.2 Å². The number of aryl methyl sites for hydroxylation is 1. The van der Waals surface area contributed by atoms with Gasteiger partial charge in [-0.05, 0) is 24.6 Å². The molecule has 0 radical (unpaired) electrons. The van der Waals surface area contributed by atoms with Gasteiger partial charge >= 0.3 is 0 Å². The van der Waals surface area contributed by atoms with Crippen LogP contribution < -0.4 is 10.1 Å². The lowest BCUT2D eigenvalue weighted by molar-refractivity contribution is -0.123. The van der Waals surface area contributed by atoms with Crippen molar-refractivity contribution in [3.63, 3.8) is 0 Å². The van der Waals surface area contributed by atoms with Crippen molar-refractivity contribution in [1.29, 1.82) is 0 Å². The molecule has 1 aromatic heterocycles. The van der Waals surface area contributed by atoms with Crippen molar-refractivity contribution >= 4 is 5.91 Å². The molecule has 0 saturated carbocycles. The third-order valence-electron chi connectivity index (χ3n) is 3.81. The summed E-state index contributed by atoms with van der Waals surface area (Å²) in [7, 11) is 0. The summed E-state index contributed by atoms with van der Waals surface area (Å²) in [5, 5.41) is 12.0. The molecule has 0 atom stereocenters. The van der Waals surface area contributed by atoms with Gasteiger partial charge in [-0.25, -0.2) is 9.37 Å². The van der Waals surface area contributed by atoms with Gasteiger partial charge in [0.15, 0.2) is 6.61 Å². The Morgan fingerprint density at radius 1 is 1.27 bits per heavy atom. The molecule has 2 rings (SSSR count). The molecule has 1 aromatic carbocycles. The van der Waals surface area contributed by atoms with Crippen LogP contribution in [0.3, 0.4) is 0 Å². The minimum absolute atomic E-state index is 0.0572. The molecule has 1 heterocycles. The van der Waals surface area contributed by atoms with Crippen LogP contribution in [-0.2, 0) is 17.8 Å². The lowest BCUT2D eigenvalue weighted by atomic mass is 10.1. The highest BCUT2D eigenvalue weighted by molar-refractivity contribution is 5.77. The van der Waals surface area contributed by atoms with Crippen molar-refractivity contribution in [2.75, 3.05) is 13.2 Å². The van der Waals surface area contributed by atoms with Gasteiger partial charge in [-0.3, -0.25) is 4.79 Å². The Kier molecular flexibility index (Phi) is 7.03. The van der Waals surface area contributed by atoms with Gasteiger partial charge in [0.2, 0.25) is 5.88 Å².